The van der Waals surface area contributed by atoms with Crippen LogP contribution in [0.25, 0.3) is 11.1 Å². The van der Waals surface area contributed by atoms with Crippen molar-refractivity contribution in [1.82, 2.24) is 9.88 Å². The second-order valence-electron chi connectivity index (χ2n) is 7.07. The topological polar surface area (TPSA) is 66.3 Å². The van der Waals surface area contributed by atoms with Gasteiger partial charge in [0.25, 0.3) is 5.91 Å². The highest BCUT2D eigenvalue weighted by molar-refractivity contribution is 5.99. The number of aromatic nitrogens is 1. The van der Waals surface area contributed by atoms with Crippen molar-refractivity contribution >= 4 is 17.0 Å². The third-order valence-electron chi connectivity index (χ3n) is 5.30. The number of hydrogen-bond donors (Lipinski definition) is 1. The lowest BCUT2D eigenvalue weighted by Crippen LogP contribution is -2.28. The molecule has 0 aliphatic carbocycles. The highest BCUT2D eigenvalue weighted by Gasteiger charge is 2.36. The predicted molar refractivity (Wildman–Crippen MR) is 106 cm³/mol. The minimum Gasteiger partial charge on any atom is -0.408 e. The maximum Gasteiger partial charge on any atom is 0.417 e. The number of benzene rings is 3. The SMILES string of the molecule is O=C1c2ccccc2[C@@H](Cc2ccccc2)N1Cc1ccc2[nH]c(=O)oc2c1. The van der Waals surface area contributed by atoms with E-state index in [0.717, 1.165) is 23.1 Å². The molecule has 2 heterocycles. The molecule has 1 amide bonds. The Bertz CT molecular complexity index is 1220. The van der Waals surface area contributed by atoms with E-state index in [1.807, 2.05) is 65.6 Å². The van der Waals surface area contributed by atoms with Crippen LogP contribution in [0.1, 0.15) is 33.1 Å². The van der Waals surface area contributed by atoms with E-state index in [4.69, 9.17) is 4.42 Å². The molecule has 0 spiro atoms. The van der Waals surface area contributed by atoms with Gasteiger partial charge in [-0.05, 0) is 41.3 Å². The smallest absolute Gasteiger partial charge is 0.408 e. The van der Waals surface area contributed by atoms with Gasteiger partial charge in [0.05, 0.1) is 11.6 Å². The average Bonchev–Trinajstić information content (AvgIpc) is 3.21. The van der Waals surface area contributed by atoms with Crippen LogP contribution in [0.5, 0.6) is 0 Å². The van der Waals surface area contributed by atoms with E-state index < -0.39 is 5.76 Å². The van der Waals surface area contributed by atoms with Gasteiger partial charge in [-0.2, -0.15) is 0 Å². The molecule has 5 heteroatoms. The van der Waals surface area contributed by atoms with Gasteiger partial charge in [0.15, 0.2) is 5.58 Å². The molecule has 138 valence electrons. The summed E-state index contributed by atoms with van der Waals surface area (Å²) in [6.45, 7) is 0.454. The van der Waals surface area contributed by atoms with Crippen molar-refractivity contribution in [1.29, 1.82) is 0 Å². The van der Waals surface area contributed by atoms with Gasteiger partial charge in [0, 0.05) is 12.1 Å². The molecule has 28 heavy (non-hydrogen) atoms. The minimum absolute atomic E-state index is 0.0278. The lowest BCUT2D eigenvalue weighted by molar-refractivity contribution is 0.0709. The Morgan fingerprint density at radius 3 is 2.54 bits per heavy atom. The van der Waals surface area contributed by atoms with E-state index in [2.05, 4.69) is 17.1 Å². The van der Waals surface area contributed by atoms with E-state index >= 15 is 0 Å². The first-order valence-corrected chi connectivity index (χ1v) is 9.24. The highest BCUT2D eigenvalue weighted by atomic mass is 16.4. The van der Waals surface area contributed by atoms with Crippen molar-refractivity contribution < 1.29 is 9.21 Å². The number of fused-ring (bicyclic) bond motifs is 2. The van der Waals surface area contributed by atoms with Crippen LogP contribution in [0.3, 0.4) is 0 Å². The highest BCUT2D eigenvalue weighted by Crippen LogP contribution is 2.37. The maximum atomic E-state index is 13.1. The van der Waals surface area contributed by atoms with Crippen molar-refractivity contribution in [2.75, 3.05) is 0 Å². The molecule has 5 rings (SSSR count). The third-order valence-corrected chi connectivity index (χ3v) is 5.30. The number of amides is 1. The van der Waals surface area contributed by atoms with Gasteiger partial charge in [0.2, 0.25) is 0 Å². The van der Waals surface area contributed by atoms with Crippen LogP contribution in [0, 0.1) is 0 Å². The normalized spacial score (nSPS) is 15.9. The number of rotatable bonds is 4. The summed E-state index contributed by atoms with van der Waals surface area (Å²) in [4.78, 5) is 29.1. The number of nitrogens with one attached hydrogen (secondary N) is 1. The van der Waals surface area contributed by atoms with Crippen LogP contribution in [-0.4, -0.2) is 15.8 Å². The van der Waals surface area contributed by atoms with Crippen LogP contribution in [-0.2, 0) is 13.0 Å². The second-order valence-corrected chi connectivity index (χ2v) is 7.07. The monoisotopic (exact) mass is 370 g/mol. The summed E-state index contributed by atoms with van der Waals surface area (Å²) < 4.78 is 5.17. The Morgan fingerprint density at radius 1 is 0.893 bits per heavy atom. The molecule has 0 unspecified atom stereocenters. The van der Waals surface area contributed by atoms with Gasteiger partial charge >= 0.3 is 5.76 Å². The van der Waals surface area contributed by atoms with Crippen LogP contribution in [0.4, 0.5) is 0 Å². The number of carbonyl (C=O) groups excluding carboxylic acids is 1. The van der Waals surface area contributed by atoms with E-state index in [-0.39, 0.29) is 11.9 Å². The van der Waals surface area contributed by atoms with Gasteiger partial charge in [-0.3, -0.25) is 9.78 Å². The van der Waals surface area contributed by atoms with Gasteiger partial charge in [0.1, 0.15) is 0 Å². The summed E-state index contributed by atoms with van der Waals surface area (Å²) in [5, 5.41) is 0. The fourth-order valence-corrected chi connectivity index (χ4v) is 3.97. The molecule has 0 saturated heterocycles. The molecule has 4 aromatic rings. The summed E-state index contributed by atoms with van der Waals surface area (Å²) in [7, 11) is 0. The number of carbonyl (C=O) groups is 1. The quantitative estimate of drug-likeness (QED) is 0.589. The molecule has 0 radical (unpaired) electrons. The molecule has 5 nitrogen and oxygen atoms in total. The Hall–Kier alpha value is -3.60. The predicted octanol–water partition coefficient (Wildman–Crippen LogP) is 4.06. The lowest BCUT2D eigenvalue weighted by atomic mass is 9.98. The summed E-state index contributed by atoms with van der Waals surface area (Å²) in [5.41, 5.74) is 5.10. The third kappa shape index (κ3) is 2.81. The van der Waals surface area contributed by atoms with E-state index in [9.17, 15) is 9.59 Å². The molecule has 1 aliphatic heterocycles. The zero-order chi connectivity index (χ0) is 19.1. The first-order chi connectivity index (χ1) is 13.7. The summed E-state index contributed by atoms with van der Waals surface area (Å²) >= 11 is 0. The molecule has 1 aromatic heterocycles. The van der Waals surface area contributed by atoms with Gasteiger partial charge in [-0.15, -0.1) is 0 Å². The van der Waals surface area contributed by atoms with Crippen molar-refractivity contribution in [2.24, 2.45) is 0 Å². The zero-order valence-corrected chi connectivity index (χ0v) is 15.1. The minimum atomic E-state index is -0.473. The van der Waals surface area contributed by atoms with Crippen molar-refractivity contribution in [3.8, 4) is 0 Å². The standard InChI is InChI=1S/C23H18N2O3/c26-22-18-9-5-4-8-17(18)20(12-15-6-2-1-3-7-15)25(22)14-16-10-11-19-21(13-16)28-23(27)24-19/h1-11,13,20H,12,14H2,(H,24,27)/t20-/m1/s1. The maximum absolute atomic E-state index is 13.1. The van der Waals surface area contributed by atoms with Crippen molar-refractivity contribution in [2.45, 2.75) is 19.0 Å². The summed E-state index contributed by atoms with van der Waals surface area (Å²) in [6.07, 6.45) is 0.755. The second kappa shape index (κ2) is 6.53. The van der Waals surface area contributed by atoms with Gasteiger partial charge in [-0.25, -0.2) is 4.79 Å². The lowest BCUT2D eigenvalue weighted by Gasteiger charge is -2.26. The molecular weight excluding hydrogens is 352 g/mol. The summed E-state index contributed by atoms with van der Waals surface area (Å²) in [5.74, 6) is -0.439. The molecular formula is C23H18N2O3. The average molecular weight is 370 g/mol. The van der Waals surface area contributed by atoms with Crippen molar-refractivity contribution in [3.63, 3.8) is 0 Å². The fourth-order valence-electron chi connectivity index (χ4n) is 3.97. The number of hydrogen-bond acceptors (Lipinski definition) is 3. The molecule has 0 fully saturated rings. The Kier molecular flexibility index (Phi) is 3.86. The molecule has 1 N–H and O–H groups in total. The molecule has 3 aromatic carbocycles. The Labute approximate surface area is 161 Å². The first-order valence-electron chi connectivity index (χ1n) is 9.24. The van der Waals surface area contributed by atoms with Crippen LogP contribution < -0.4 is 5.76 Å². The molecule has 0 saturated carbocycles. The van der Waals surface area contributed by atoms with Gasteiger partial charge < -0.3 is 9.32 Å². The van der Waals surface area contributed by atoms with Gasteiger partial charge in [-0.1, -0.05) is 54.6 Å². The van der Waals surface area contributed by atoms with E-state index in [1.165, 1.54) is 5.56 Å². The molecule has 1 atom stereocenters. The number of oxazole rings is 1. The number of aromatic amines is 1. The summed E-state index contributed by atoms with van der Waals surface area (Å²) in [6, 6.07) is 23.5. The van der Waals surface area contributed by atoms with E-state index in [0.29, 0.717) is 17.6 Å². The van der Waals surface area contributed by atoms with Crippen LogP contribution in [0.2, 0.25) is 0 Å². The number of H-pyrrole nitrogens is 1. The Morgan fingerprint density at radius 2 is 1.68 bits per heavy atom. The fraction of sp³-hybridized carbons (Fsp3) is 0.130. The van der Waals surface area contributed by atoms with Crippen LogP contribution in [0.15, 0.2) is 82.0 Å². The molecule has 0 bridgehead atoms. The largest absolute Gasteiger partial charge is 0.417 e. The first kappa shape index (κ1) is 16.6. The van der Waals surface area contributed by atoms with Crippen LogP contribution >= 0.6 is 0 Å². The van der Waals surface area contributed by atoms with Crippen molar-refractivity contribution in [3.05, 3.63) is 106 Å². The molecule has 1 aliphatic rings. The zero-order valence-electron chi connectivity index (χ0n) is 15.1. The Balaban J connectivity index is 1.51. The number of nitrogens with zero attached hydrogens (tertiary/aromatic N) is 1. The van der Waals surface area contributed by atoms with E-state index in [1.54, 1.807) is 0 Å².